The van der Waals surface area contributed by atoms with E-state index < -0.39 is 0 Å². The molecule has 0 saturated carbocycles. The summed E-state index contributed by atoms with van der Waals surface area (Å²) in [4.78, 5) is 8.40. The maximum atomic E-state index is 6.04. The van der Waals surface area contributed by atoms with Crippen LogP contribution in [0.25, 0.3) is 0 Å². The summed E-state index contributed by atoms with van der Waals surface area (Å²) in [7, 11) is 0. The first kappa shape index (κ1) is 23.8. The standard InChI is InChI=1S/C28H24N3O2.Pt/c1-28(2,3)21-13-14-29-27(16-21)33-26-12-7-11-25(18-26)32-24-10-6-9-22(17-24)31-19-23-8-4-5-15-30(23)20-31;/h4-16,19-20H,1-3H3;/q-3;. The molecule has 2 aliphatic heterocycles. The maximum Gasteiger partial charge on any atom is 0.216 e. The molecule has 2 aliphatic rings. The van der Waals surface area contributed by atoms with Gasteiger partial charge in [-0.25, -0.2) is 4.98 Å². The number of benzene rings is 2. The molecule has 1 aromatic heterocycles. The van der Waals surface area contributed by atoms with Gasteiger partial charge in [0.25, 0.3) is 0 Å². The van der Waals surface area contributed by atoms with Crippen LogP contribution in [0.1, 0.15) is 26.3 Å². The Morgan fingerprint density at radius 1 is 0.882 bits per heavy atom. The predicted molar refractivity (Wildman–Crippen MR) is 129 cm³/mol. The molecule has 0 fully saturated rings. The van der Waals surface area contributed by atoms with Crippen molar-refractivity contribution >= 4 is 5.69 Å². The van der Waals surface area contributed by atoms with Crippen molar-refractivity contribution in [1.82, 2.24) is 9.88 Å². The van der Waals surface area contributed by atoms with Gasteiger partial charge in [0.1, 0.15) is 0 Å². The molecule has 176 valence electrons. The number of anilines is 1. The normalized spacial score (nSPS) is 14.4. The second-order valence-corrected chi connectivity index (χ2v) is 8.80. The molecule has 2 aromatic carbocycles. The summed E-state index contributed by atoms with van der Waals surface area (Å²) in [5.41, 5.74) is 3.15. The summed E-state index contributed by atoms with van der Waals surface area (Å²) in [6, 6.07) is 21.8. The van der Waals surface area contributed by atoms with E-state index in [9.17, 15) is 0 Å². The Morgan fingerprint density at radius 2 is 1.62 bits per heavy atom. The number of aromatic nitrogens is 1. The molecule has 34 heavy (non-hydrogen) atoms. The fourth-order valence-corrected chi connectivity index (χ4v) is 3.48. The molecule has 5 rings (SSSR count). The summed E-state index contributed by atoms with van der Waals surface area (Å²) >= 11 is 0. The zero-order valence-corrected chi connectivity index (χ0v) is 21.4. The largest absolute Gasteiger partial charge is 0.509 e. The molecular weight excluding hydrogens is 605 g/mol. The van der Waals surface area contributed by atoms with Gasteiger partial charge in [0.05, 0.1) is 0 Å². The molecule has 0 amide bonds. The van der Waals surface area contributed by atoms with E-state index in [1.807, 2.05) is 78.5 Å². The van der Waals surface area contributed by atoms with Gasteiger partial charge in [-0.3, -0.25) is 0 Å². The number of fused-ring (bicyclic) bond motifs is 1. The number of nitrogens with zero attached hydrogens (tertiary/aromatic N) is 3. The number of hydrogen-bond acceptors (Lipinski definition) is 5. The van der Waals surface area contributed by atoms with Crippen LogP contribution in [0.15, 0.2) is 91.1 Å². The van der Waals surface area contributed by atoms with Gasteiger partial charge in [-0.05, 0) is 41.6 Å². The summed E-state index contributed by atoms with van der Waals surface area (Å²) in [6.45, 7) is 8.48. The second-order valence-electron chi connectivity index (χ2n) is 8.80. The number of allylic oxidation sites excluding steroid dienone is 3. The van der Waals surface area contributed by atoms with Crippen molar-refractivity contribution in [3.05, 3.63) is 115 Å². The zero-order chi connectivity index (χ0) is 22.8. The topological polar surface area (TPSA) is 37.8 Å². The second kappa shape index (κ2) is 9.90. The van der Waals surface area contributed by atoms with Crippen LogP contribution in [0.3, 0.4) is 0 Å². The smallest absolute Gasteiger partial charge is 0.216 e. The Balaban J connectivity index is 0.00000274. The van der Waals surface area contributed by atoms with E-state index in [0.717, 1.165) is 16.9 Å². The predicted octanol–water partition coefficient (Wildman–Crippen LogP) is 6.73. The van der Waals surface area contributed by atoms with Crippen molar-refractivity contribution in [3.63, 3.8) is 0 Å². The van der Waals surface area contributed by atoms with Crippen LogP contribution >= 0.6 is 0 Å². The van der Waals surface area contributed by atoms with Crippen molar-refractivity contribution in [3.8, 4) is 23.1 Å². The van der Waals surface area contributed by atoms with Gasteiger partial charge in [-0.1, -0.05) is 32.9 Å². The molecule has 0 unspecified atom stereocenters. The number of hydrogen-bond donors (Lipinski definition) is 0. The van der Waals surface area contributed by atoms with Gasteiger partial charge in [0.15, 0.2) is 0 Å². The molecule has 5 nitrogen and oxygen atoms in total. The third-order valence-electron chi connectivity index (χ3n) is 5.25. The average molecular weight is 630 g/mol. The van der Waals surface area contributed by atoms with Gasteiger partial charge in [-0.15, -0.1) is 42.7 Å². The molecule has 0 bridgehead atoms. The molecule has 3 aromatic rings. The fraction of sp³-hybridized carbons (Fsp3) is 0.143. The van der Waals surface area contributed by atoms with Crippen LogP contribution in [0, 0.1) is 18.8 Å². The van der Waals surface area contributed by atoms with Crippen LogP contribution in [-0.4, -0.2) is 9.88 Å². The van der Waals surface area contributed by atoms with Crippen molar-refractivity contribution < 1.29 is 30.5 Å². The van der Waals surface area contributed by atoms with Crippen molar-refractivity contribution in [1.29, 1.82) is 0 Å². The van der Waals surface area contributed by atoms with Gasteiger partial charge < -0.3 is 19.3 Å². The van der Waals surface area contributed by atoms with E-state index in [-0.39, 0.29) is 26.5 Å². The quantitative estimate of drug-likeness (QED) is 0.293. The monoisotopic (exact) mass is 629 g/mol. The molecule has 6 heteroatoms. The molecule has 0 atom stereocenters. The van der Waals surface area contributed by atoms with Gasteiger partial charge in [-0.2, -0.15) is 12.1 Å². The summed E-state index contributed by atoms with van der Waals surface area (Å²) < 4.78 is 12.0. The van der Waals surface area contributed by atoms with Crippen molar-refractivity contribution in [2.24, 2.45) is 0 Å². The first-order chi connectivity index (χ1) is 15.9. The van der Waals surface area contributed by atoms with E-state index in [0.29, 0.717) is 23.1 Å². The van der Waals surface area contributed by atoms with Crippen LogP contribution in [0.4, 0.5) is 5.69 Å². The molecule has 0 saturated heterocycles. The Labute approximate surface area is 215 Å². The Hall–Kier alpha value is -3.30. The Kier molecular flexibility index (Phi) is 6.94. The van der Waals surface area contributed by atoms with E-state index in [1.165, 1.54) is 0 Å². The van der Waals surface area contributed by atoms with E-state index in [4.69, 9.17) is 9.47 Å². The SMILES string of the molecule is CC(C)(C)c1ccnc(Oc2[c-]c(Oc3[c-]c(N4C=C5C=CC=CN5[CH-]4)ccc3)ccc2)c1.[Pt]. The van der Waals surface area contributed by atoms with E-state index >= 15 is 0 Å². The number of pyridine rings is 1. The van der Waals surface area contributed by atoms with Crippen LogP contribution in [0.2, 0.25) is 0 Å². The van der Waals surface area contributed by atoms with Gasteiger partial charge in [0, 0.05) is 56.3 Å². The minimum atomic E-state index is 0. The number of ether oxygens (including phenoxy) is 2. The zero-order valence-electron chi connectivity index (χ0n) is 19.1. The molecule has 0 spiro atoms. The van der Waals surface area contributed by atoms with Gasteiger partial charge >= 0.3 is 0 Å². The van der Waals surface area contributed by atoms with E-state index in [2.05, 4.69) is 55.1 Å². The molecule has 0 aliphatic carbocycles. The van der Waals surface area contributed by atoms with Crippen LogP contribution in [0.5, 0.6) is 23.1 Å². The molecule has 0 radical (unpaired) electrons. The Morgan fingerprint density at radius 3 is 2.38 bits per heavy atom. The summed E-state index contributed by atoms with van der Waals surface area (Å²) in [5, 5.41) is 0. The first-order valence-electron chi connectivity index (χ1n) is 10.8. The fourth-order valence-electron chi connectivity index (χ4n) is 3.48. The molecule has 3 heterocycles. The van der Waals surface area contributed by atoms with Gasteiger partial charge in [0.2, 0.25) is 5.88 Å². The Bertz CT molecular complexity index is 1260. The first-order valence-corrected chi connectivity index (χ1v) is 10.8. The van der Waals surface area contributed by atoms with Crippen LogP contribution < -0.4 is 14.4 Å². The summed E-state index contributed by atoms with van der Waals surface area (Å²) in [5.74, 6) is 2.20. The maximum absolute atomic E-state index is 6.04. The minimum absolute atomic E-state index is 0. The molecular formula is C28H24N3O2Pt-3. The summed E-state index contributed by atoms with van der Waals surface area (Å²) in [6.07, 6.45) is 11.9. The van der Waals surface area contributed by atoms with Crippen molar-refractivity contribution in [2.45, 2.75) is 26.2 Å². The minimum Gasteiger partial charge on any atom is -0.509 e. The third-order valence-corrected chi connectivity index (χ3v) is 5.25. The van der Waals surface area contributed by atoms with Crippen LogP contribution in [-0.2, 0) is 26.5 Å². The third kappa shape index (κ3) is 5.43. The van der Waals surface area contributed by atoms with Crippen molar-refractivity contribution in [2.75, 3.05) is 4.90 Å². The average Bonchev–Trinajstić information content (AvgIpc) is 3.24. The molecule has 0 N–H and O–H groups in total. The number of rotatable bonds is 5. The van der Waals surface area contributed by atoms with E-state index in [1.54, 1.807) is 6.20 Å².